The number of methoxy groups -OCH3 is 2. The predicted molar refractivity (Wildman–Crippen MR) is 120 cm³/mol. The Kier molecular flexibility index (Phi) is 5.26. The number of nitrogens with zero attached hydrogens (tertiary/aromatic N) is 1. The van der Waals surface area contributed by atoms with E-state index in [1.165, 1.54) is 4.57 Å². The Hall–Kier alpha value is -3.50. The number of hydrogen-bond acceptors (Lipinski definition) is 7. The molecule has 0 amide bonds. The molecule has 0 aliphatic carbocycles. The number of likely N-dealkylation sites (N-methyl/N-ethyl adjacent to an activating group) is 1. The molecule has 0 bridgehead atoms. The van der Waals surface area contributed by atoms with Gasteiger partial charge in [0.25, 0.3) is 5.56 Å². The van der Waals surface area contributed by atoms with Gasteiger partial charge in [-0.25, -0.2) is 0 Å². The monoisotopic (exact) mass is 469 g/mol. The van der Waals surface area contributed by atoms with E-state index < -0.39 is 17.5 Å². The quantitative estimate of drug-likeness (QED) is 0.547. The van der Waals surface area contributed by atoms with Gasteiger partial charge in [0.2, 0.25) is 12.5 Å². The Bertz CT molecular complexity index is 1350. The van der Waals surface area contributed by atoms with Crippen molar-refractivity contribution >= 4 is 12.2 Å². The third kappa shape index (κ3) is 3.33. The molecular weight excluding hydrogens is 446 g/mol. The lowest BCUT2D eigenvalue weighted by atomic mass is 9.87. The van der Waals surface area contributed by atoms with E-state index in [4.69, 9.17) is 31.2 Å². The minimum atomic E-state index is -0.574. The Morgan fingerprint density at radius 3 is 2.64 bits per heavy atom. The number of aromatic amines is 1. The molecular formula is C23H23N3O6S. The van der Waals surface area contributed by atoms with Crippen molar-refractivity contribution in [1.82, 2.24) is 9.55 Å². The van der Waals surface area contributed by atoms with Crippen LogP contribution in [0.4, 0.5) is 0 Å². The molecule has 0 fully saturated rings. The first-order valence-electron chi connectivity index (χ1n) is 10.5. The number of aromatic nitrogens is 2. The predicted octanol–water partition coefficient (Wildman–Crippen LogP) is 0.875. The summed E-state index contributed by atoms with van der Waals surface area (Å²) in [6, 6.07) is 8.26. The van der Waals surface area contributed by atoms with Crippen LogP contribution in [0.5, 0.6) is 28.9 Å². The number of benzene rings is 2. The van der Waals surface area contributed by atoms with Gasteiger partial charge in [0, 0.05) is 12.1 Å². The van der Waals surface area contributed by atoms with Crippen molar-refractivity contribution in [3.8, 4) is 34.6 Å². The number of quaternary nitrogens is 1. The number of ether oxygens (including phenoxy) is 4. The highest BCUT2D eigenvalue weighted by molar-refractivity contribution is 7.71. The van der Waals surface area contributed by atoms with E-state index in [1.54, 1.807) is 38.5 Å². The third-order valence-electron chi connectivity index (χ3n) is 6.24. The summed E-state index contributed by atoms with van der Waals surface area (Å²) in [6.45, 7) is 0.814. The maximum atomic E-state index is 13.8. The molecule has 0 saturated heterocycles. The van der Waals surface area contributed by atoms with Crippen LogP contribution in [0, 0.1) is 4.77 Å². The van der Waals surface area contributed by atoms with E-state index in [9.17, 15) is 9.90 Å². The molecule has 2 unspecified atom stereocenters. The van der Waals surface area contributed by atoms with E-state index >= 15 is 0 Å². The lowest BCUT2D eigenvalue weighted by molar-refractivity contribution is -0.908. The van der Waals surface area contributed by atoms with Gasteiger partial charge in [0.15, 0.2) is 16.3 Å². The fourth-order valence-corrected chi connectivity index (χ4v) is 4.95. The standard InChI is InChI=1S/C23H23N3O6S/c1-25-9-8-12-10-15-19(32-11-31-15)20(30-3)16(12)18(25)17-21(27)24-23(33)26(22(17)28)13-4-6-14(29-2)7-5-13/h4-7,10,18,28H,8-9,11H2,1-3H3,(H,24,27,33). The molecule has 0 saturated carbocycles. The molecule has 0 radical (unpaired) electrons. The molecule has 10 heteroatoms. The zero-order valence-electron chi connectivity index (χ0n) is 18.4. The molecule has 9 nitrogen and oxygen atoms in total. The summed E-state index contributed by atoms with van der Waals surface area (Å²) in [7, 11) is 5.07. The highest BCUT2D eigenvalue weighted by atomic mass is 32.1. The van der Waals surface area contributed by atoms with E-state index in [0.717, 1.165) is 29.0 Å². The van der Waals surface area contributed by atoms with Crippen molar-refractivity contribution in [2.24, 2.45) is 0 Å². The van der Waals surface area contributed by atoms with Crippen LogP contribution in [0.3, 0.4) is 0 Å². The molecule has 2 aliphatic heterocycles. The molecule has 2 atom stereocenters. The third-order valence-corrected chi connectivity index (χ3v) is 6.52. The average Bonchev–Trinajstić information content (AvgIpc) is 3.27. The summed E-state index contributed by atoms with van der Waals surface area (Å²) in [4.78, 5) is 16.8. The first-order chi connectivity index (χ1) is 15.9. The lowest BCUT2D eigenvalue weighted by Gasteiger charge is -2.35. The Balaban J connectivity index is 1.76. The van der Waals surface area contributed by atoms with Gasteiger partial charge in [-0.05, 0) is 54.0 Å². The van der Waals surface area contributed by atoms with Gasteiger partial charge in [-0.2, -0.15) is 0 Å². The van der Waals surface area contributed by atoms with Crippen LogP contribution in [0.2, 0.25) is 0 Å². The zero-order valence-corrected chi connectivity index (χ0v) is 19.2. The van der Waals surface area contributed by atoms with Crippen LogP contribution in [0.1, 0.15) is 22.7 Å². The fraction of sp³-hybridized carbons (Fsp3) is 0.304. The molecule has 5 rings (SSSR count). The topological polar surface area (TPSA) is 102 Å². The van der Waals surface area contributed by atoms with E-state index in [2.05, 4.69) is 4.98 Å². The van der Waals surface area contributed by atoms with Gasteiger partial charge in [-0.3, -0.25) is 9.78 Å². The van der Waals surface area contributed by atoms with Crippen molar-refractivity contribution < 1.29 is 29.0 Å². The van der Waals surface area contributed by atoms with Crippen molar-refractivity contribution in [3.05, 3.63) is 62.1 Å². The van der Waals surface area contributed by atoms with Crippen molar-refractivity contribution in [2.45, 2.75) is 12.5 Å². The number of H-pyrrole nitrogens is 1. The fourth-order valence-electron chi connectivity index (χ4n) is 4.67. The minimum absolute atomic E-state index is 0.0326. The number of hydrogen-bond donors (Lipinski definition) is 2. The molecule has 1 aromatic heterocycles. The molecule has 33 heavy (non-hydrogen) atoms. The van der Waals surface area contributed by atoms with Crippen LogP contribution in [0.15, 0.2) is 35.1 Å². The number of fused-ring (bicyclic) bond motifs is 2. The molecule has 3 heterocycles. The van der Waals surface area contributed by atoms with Gasteiger partial charge in [0.1, 0.15) is 11.8 Å². The van der Waals surface area contributed by atoms with E-state index in [-0.39, 0.29) is 17.1 Å². The normalized spacial score (nSPS) is 18.6. The van der Waals surface area contributed by atoms with Crippen LogP contribution in [-0.2, 0) is 6.42 Å². The zero-order chi connectivity index (χ0) is 23.3. The Morgan fingerprint density at radius 1 is 1.18 bits per heavy atom. The summed E-state index contributed by atoms with van der Waals surface area (Å²) < 4.78 is 23.5. The molecule has 0 spiro atoms. The molecule has 2 N–H and O–H groups in total. The molecule has 2 aromatic carbocycles. The summed E-state index contributed by atoms with van der Waals surface area (Å²) in [6.07, 6.45) is 0.744. The van der Waals surface area contributed by atoms with Crippen LogP contribution in [-0.4, -0.2) is 44.2 Å². The van der Waals surface area contributed by atoms with Crippen LogP contribution in [0.25, 0.3) is 5.69 Å². The molecule has 172 valence electrons. The van der Waals surface area contributed by atoms with Gasteiger partial charge in [-0.15, -0.1) is 0 Å². The van der Waals surface area contributed by atoms with Gasteiger partial charge in [-0.1, -0.05) is 0 Å². The van der Waals surface area contributed by atoms with Crippen molar-refractivity contribution in [1.29, 1.82) is 0 Å². The number of nitrogens with one attached hydrogen (secondary N) is 2. The summed E-state index contributed by atoms with van der Waals surface area (Å²) in [5.41, 5.74) is 1.84. The second-order valence-corrected chi connectivity index (χ2v) is 8.39. The maximum Gasteiger partial charge on any atom is 0.260 e. The minimum Gasteiger partial charge on any atom is -0.859 e. The summed E-state index contributed by atoms with van der Waals surface area (Å²) in [5.74, 6) is 1.76. The first kappa shape index (κ1) is 21.4. The Labute approximate surface area is 194 Å². The van der Waals surface area contributed by atoms with Gasteiger partial charge in [0.05, 0.1) is 38.9 Å². The second-order valence-electron chi connectivity index (χ2n) is 8.01. The van der Waals surface area contributed by atoms with Gasteiger partial charge >= 0.3 is 0 Å². The maximum absolute atomic E-state index is 13.8. The van der Waals surface area contributed by atoms with E-state index in [0.29, 0.717) is 28.7 Å². The van der Waals surface area contributed by atoms with Crippen LogP contribution >= 0.6 is 12.2 Å². The Morgan fingerprint density at radius 2 is 1.94 bits per heavy atom. The summed E-state index contributed by atoms with van der Waals surface area (Å²) in [5, 5.41) is 13.8. The lowest BCUT2D eigenvalue weighted by Crippen LogP contribution is -3.10. The van der Waals surface area contributed by atoms with Crippen molar-refractivity contribution in [3.63, 3.8) is 0 Å². The molecule has 3 aromatic rings. The van der Waals surface area contributed by atoms with E-state index in [1.807, 2.05) is 13.1 Å². The number of rotatable bonds is 4. The van der Waals surface area contributed by atoms with Crippen molar-refractivity contribution in [2.75, 3.05) is 34.6 Å². The van der Waals surface area contributed by atoms with Gasteiger partial charge < -0.3 is 33.5 Å². The second kappa shape index (κ2) is 8.13. The average molecular weight is 470 g/mol. The highest BCUT2D eigenvalue weighted by Crippen LogP contribution is 2.48. The SMILES string of the molecule is COc1ccc(-n2c([O-])c(C3c4c(cc5c(c4OC)OCO5)CC[NH+]3C)c(=O)[nH]c2=S)cc1. The highest BCUT2D eigenvalue weighted by Gasteiger charge is 2.39. The molecule has 2 aliphatic rings. The van der Waals surface area contributed by atoms with Crippen LogP contribution < -0.4 is 34.5 Å². The first-order valence-corrected chi connectivity index (χ1v) is 10.9. The smallest absolute Gasteiger partial charge is 0.260 e. The summed E-state index contributed by atoms with van der Waals surface area (Å²) >= 11 is 5.36. The largest absolute Gasteiger partial charge is 0.859 e.